The Kier molecular flexibility index (Phi) is 3.47. The van der Waals surface area contributed by atoms with Gasteiger partial charge in [-0.2, -0.15) is 0 Å². The van der Waals surface area contributed by atoms with Gasteiger partial charge in [-0.1, -0.05) is 43.8 Å². The summed E-state index contributed by atoms with van der Waals surface area (Å²) in [5.74, 6) is 2.44. The lowest BCUT2D eigenvalue weighted by Gasteiger charge is -2.37. The van der Waals surface area contributed by atoms with Gasteiger partial charge in [-0.3, -0.25) is 0 Å². The highest BCUT2D eigenvalue weighted by Crippen LogP contribution is 2.52. The second-order valence-electron chi connectivity index (χ2n) is 3.67. The minimum absolute atomic E-state index is 0.157. The van der Waals surface area contributed by atoms with Gasteiger partial charge in [0, 0.05) is 11.5 Å². The van der Waals surface area contributed by atoms with Gasteiger partial charge in [0.25, 0.3) is 0 Å². The van der Waals surface area contributed by atoms with Gasteiger partial charge >= 0.3 is 0 Å². The number of benzene rings is 1. The van der Waals surface area contributed by atoms with Crippen molar-refractivity contribution >= 4 is 23.5 Å². The van der Waals surface area contributed by atoms with E-state index >= 15 is 0 Å². The van der Waals surface area contributed by atoms with E-state index < -0.39 is 0 Å². The molecule has 0 bridgehead atoms. The van der Waals surface area contributed by atoms with Crippen LogP contribution in [0, 0.1) is 0 Å². The van der Waals surface area contributed by atoms with Gasteiger partial charge in [0.2, 0.25) is 0 Å². The van der Waals surface area contributed by atoms with E-state index in [1.54, 1.807) is 0 Å². The monoisotopic (exact) mass is 236 g/mol. The standard InChI is InChI=1S/C13H16S2/c1-3-13(11(2)14-9-10-15-13)12-7-5-4-6-8-12/h4-8H,2-3,9-10H2,1H3. The molecule has 1 aromatic rings. The highest BCUT2D eigenvalue weighted by molar-refractivity contribution is 8.09. The van der Waals surface area contributed by atoms with Crippen molar-refractivity contribution < 1.29 is 0 Å². The Labute approximate surface area is 101 Å². The molecule has 1 unspecified atom stereocenters. The maximum atomic E-state index is 4.26. The molecule has 0 amide bonds. The molecule has 0 aliphatic carbocycles. The summed E-state index contributed by atoms with van der Waals surface area (Å²) >= 11 is 3.98. The zero-order chi connectivity index (χ0) is 10.7. The molecule has 1 aromatic carbocycles. The molecule has 0 radical (unpaired) electrons. The molecule has 2 heteroatoms. The van der Waals surface area contributed by atoms with Crippen molar-refractivity contribution in [1.82, 2.24) is 0 Å². The van der Waals surface area contributed by atoms with Crippen LogP contribution in [0.25, 0.3) is 0 Å². The average Bonchev–Trinajstić information content (AvgIpc) is 2.31. The lowest BCUT2D eigenvalue weighted by molar-refractivity contribution is 0.725. The van der Waals surface area contributed by atoms with Crippen LogP contribution in [-0.2, 0) is 4.75 Å². The fourth-order valence-corrected chi connectivity index (χ4v) is 4.81. The van der Waals surface area contributed by atoms with Crippen LogP contribution in [0.5, 0.6) is 0 Å². The van der Waals surface area contributed by atoms with Crippen molar-refractivity contribution in [2.24, 2.45) is 0 Å². The highest BCUT2D eigenvalue weighted by atomic mass is 32.2. The van der Waals surface area contributed by atoms with Crippen LogP contribution in [0.2, 0.25) is 0 Å². The summed E-state index contributed by atoms with van der Waals surface area (Å²) in [7, 11) is 0. The van der Waals surface area contributed by atoms with Crippen molar-refractivity contribution in [2.75, 3.05) is 11.5 Å². The van der Waals surface area contributed by atoms with E-state index in [0.29, 0.717) is 0 Å². The maximum Gasteiger partial charge on any atom is 0.0707 e. The van der Waals surface area contributed by atoms with Crippen molar-refractivity contribution in [3.8, 4) is 0 Å². The Bertz CT molecular complexity index is 345. The molecule has 1 aliphatic heterocycles. The molecular weight excluding hydrogens is 220 g/mol. The van der Waals surface area contributed by atoms with Crippen LogP contribution in [-0.4, -0.2) is 11.5 Å². The molecule has 0 spiro atoms. The van der Waals surface area contributed by atoms with Gasteiger partial charge in [-0.25, -0.2) is 0 Å². The summed E-state index contributed by atoms with van der Waals surface area (Å²) in [6.45, 7) is 6.52. The van der Waals surface area contributed by atoms with Crippen molar-refractivity contribution in [3.05, 3.63) is 47.4 Å². The number of hydrogen-bond donors (Lipinski definition) is 0. The Morgan fingerprint density at radius 2 is 2.00 bits per heavy atom. The topological polar surface area (TPSA) is 0 Å². The maximum absolute atomic E-state index is 4.26. The van der Waals surface area contributed by atoms with E-state index in [0.717, 1.165) is 6.42 Å². The summed E-state index contributed by atoms with van der Waals surface area (Å²) in [5, 5.41) is 0. The first kappa shape index (κ1) is 11.2. The molecular formula is C13H16S2. The van der Waals surface area contributed by atoms with E-state index in [9.17, 15) is 0 Å². The summed E-state index contributed by atoms with van der Waals surface area (Å²) in [5.41, 5.74) is 1.41. The van der Waals surface area contributed by atoms with Gasteiger partial charge < -0.3 is 0 Å². The lowest BCUT2D eigenvalue weighted by Crippen LogP contribution is -2.26. The van der Waals surface area contributed by atoms with Crippen LogP contribution >= 0.6 is 23.5 Å². The van der Waals surface area contributed by atoms with Gasteiger partial charge in [0.1, 0.15) is 0 Å². The molecule has 2 rings (SSSR count). The number of rotatable bonds is 2. The molecule has 0 aromatic heterocycles. The first-order valence-corrected chi connectivity index (χ1v) is 7.28. The summed E-state index contributed by atoms with van der Waals surface area (Å²) in [4.78, 5) is 1.33. The predicted octanol–water partition coefficient (Wildman–Crippen LogP) is 4.29. The fraction of sp³-hybridized carbons (Fsp3) is 0.385. The molecule has 1 fully saturated rings. The molecule has 1 aliphatic rings. The van der Waals surface area contributed by atoms with E-state index in [4.69, 9.17) is 0 Å². The average molecular weight is 236 g/mol. The lowest BCUT2D eigenvalue weighted by atomic mass is 9.95. The quantitative estimate of drug-likeness (QED) is 0.751. The van der Waals surface area contributed by atoms with Crippen LogP contribution in [0.15, 0.2) is 41.8 Å². The van der Waals surface area contributed by atoms with Gasteiger partial charge in [0.05, 0.1) is 4.75 Å². The fourth-order valence-electron chi connectivity index (χ4n) is 2.03. The van der Waals surface area contributed by atoms with E-state index in [2.05, 4.69) is 55.6 Å². The van der Waals surface area contributed by atoms with E-state index in [1.807, 2.05) is 11.8 Å². The SMILES string of the molecule is C=C1SCCSC1(CC)c1ccccc1. The molecule has 1 atom stereocenters. The zero-order valence-corrected chi connectivity index (χ0v) is 10.7. The Hall–Kier alpha value is -0.340. The molecule has 0 nitrogen and oxygen atoms in total. The minimum atomic E-state index is 0.157. The highest BCUT2D eigenvalue weighted by Gasteiger charge is 2.36. The van der Waals surface area contributed by atoms with Crippen molar-refractivity contribution in [3.63, 3.8) is 0 Å². The van der Waals surface area contributed by atoms with E-state index in [1.165, 1.54) is 22.0 Å². The third-order valence-electron chi connectivity index (χ3n) is 2.90. The van der Waals surface area contributed by atoms with Crippen molar-refractivity contribution in [2.45, 2.75) is 18.1 Å². The second kappa shape index (κ2) is 4.67. The number of thioether (sulfide) groups is 2. The number of hydrogen-bond acceptors (Lipinski definition) is 2. The van der Waals surface area contributed by atoms with E-state index in [-0.39, 0.29) is 4.75 Å². The Morgan fingerprint density at radius 3 is 2.60 bits per heavy atom. The van der Waals surface area contributed by atoms with Crippen LogP contribution in [0.4, 0.5) is 0 Å². The molecule has 0 N–H and O–H groups in total. The van der Waals surface area contributed by atoms with Crippen LogP contribution in [0.1, 0.15) is 18.9 Å². The summed E-state index contributed by atoms with van der Waals surface area (Å²) < 4.78 is 0.157. The largest absolute Gasteiger partial charge is 0.144 e. The van der Waals surface area contributed by atoms with Gasteiger partial charge in [-0.05, 0) is 16.9 Å². The third-order valence-corrected chi connectivity index (χ3v) is 6.06. The Balaban J connectivity index is 2.40. The van der Waals surface area contributed by atoms with Crippen molar-refractivity contribution in [1.29, 1.82) is 0 Å². The zero-order valence-electron chi connectivity index (χ0n) is 9.03. The van der Waals surface area contributed by atoms with Gasteiger partial charge in [-0.15, -0.1) is 23.5 Å². The molecule has 1 heterocycles. The molecule has 0 saturated carbocycles. The minimum Gasteiger partial charge on any atom is -0.144 e. The normalized spacial score (nSPS) is 26.6. The smallest absolute Gasteiger partial charge is 0.0707 e. The second-order valence-corrected chi connectivity index (χ2v) is 6.25. The third kappa shape index (κ3) is 1.98. The molecule has 1 saturated heterocycles. The first-order valence-electron chi connectivity index (χ1n) is 5.31. The predicted molar refractivity (Wildman–Crippen MR) is 72.5 cm³/mol. The summed E-state index contributed by atoms with van der Waals surface area (Å²) in [6, 6.07) is 10.8. The first-order chi connectivity index (χ1) is 7.29. The Morgan fingerprint density at radius 1 is 1.27 bits per heavy atom. The molecule has 15 heavy (non-hydrogen) atoms. The van der Waals surface area contributed by atoms with Crippen LogP contribution < -0.4 is 0 Å². The van der Waals surface area contributed by atoms with Gasteiger partial charge in [0.15, 0.2) is 0 Å². The molecule has 80 valence electrons. The van der Waals surface area contributed by atoms with Crippen LogP contribution in [0.3, 0.4) is 0 Å². The summed E-state index contributed by atoms with van der Waals surface area (Å²) in [6.07, 6.45) is 1.13.